The molecule has 1 atom stereocenters. The summed E-state index contributed by atoms with van der Waals surface area (Å²) in [4.78, 5) is 22.1. The third-order valence-electron chi connectivity index (χ3n) is 2.36. The summed E-state index contributed by atoms with van der Waals surface area (Å²) in [6, 6.07) is 7.04. The quantitative estimate of drug-likeness (QED) is 0.583. The predicted molar refractivity (Wildman–Crippen MR) is 64.0 cm³/mol. The number of carbonyl (C=O) groups is 2. The molecule has 0 spiro atoms. The highest BCUT2D eigenvalue weighted by atomic mass is 16.5. The molecule has 0 aliphatic heterocycles. The lowest BCUT2D eigenvalue weighted by molar-refractivity contribution is -0.145. The Morgan fingerprint density at radius 1 is 1.41 bits per heavy atom. The number of carbonyl (C=O) groups excluding carboxylic acids is 2. The molecule has 5 nitrogen and oxygen atoms in total. The molecule has 1 amide bonds. The fourth-order valence-electron chi connectivity index (χ4n) is 1.34. The van der Waals surface area contributed by atoms with E-state index in [1.165, 1.54) is 0 Å². The van der Waals surface area contributed by atoms with E-state index in [1.54, 1.807) is 31.2 Å². The van der Waals surface area contributed by atoms with Gasteiger partial charge >= 0.3 is 5.97 Å². The van der Waals surface area contributed by atoms with Gasteiger partial charge in [-0.15, -0.1) is 0 Å². The van der Waals surface area contributed by atoms with Crippen LogP contribution in [0, 0.1) is 0 Å². The van der Waals surface area contributed by atoms with E-state index in [-0.39, 0.29) is 13.0 Å². The molecule has 1 rings (SSSR count). The number of benzene rings is 1. The van der Waals surface area contributed by atoms with Crippen LogP contribution in [0.5, 0.6) is 0 Å². The summed E-state index contributed by atoms with van der Waals surface area (Å²) < 4.78 is 4.93. The van der Waals surface area contributed by atoms with Gasteiger partial charge in [-0.05, 0) is 24.6 Å². The van der Waals surface area contributed by atoms with Gasteiger partial charge in [-0.2, -0.15) is 0 Å². The average Bonchev–Trinajstić information content (AvgIpc) is 2.27. The zero-order valence-corrected chi connectivity index (χ0v) is 9.68. The van der Waals surface area contributed by atoms with Crippen LogP contribution in [-0.4, -0.2) is 18.5 Å². The molecule has 0 saturated heterocycles. The lowest BCUT2D eigenvalue weighted by Crippen LogP contribution is -2.18. The Morgan fingerprint density at radius 2 is 2.12 bits per heavy atom. The smallest absolute Gasteiger partial charge is 0.313 e. The average molecular weight is 236 g/mol. The summed E-state index contributed by atoms with van der Waals surface area (Å²) in [7, 11) is 0. The minimum Gasteiger partial charge on any atom is -0.465 e. The van der Waals surface area contributed by atoms with Crippen LogP contribution >= 0.6 is 0 Å². The number of anilines is 1. The van der Waals surface area contributed by atoms with E-state index in [9.17, 15) is 9.59 Å². The molecule has 0 aliphatic carbocycles. The Bertz CT molecular complexity index is 418. The lowest BCUT2D eigenvalue weighted by atomic mass is 10.0. The Kier molecular flexibility index (Phi) is 4.51. The summed E-state index contributed by atoms with van der Waals surface area (Å²) in [5.41, 5.74) is 11.9. The number of hydrogen-bond donors (Lipinski definition) is 2. The zero-order chi connectivity index (χ0) is 12.8. The number of ether oxygens (including phenoxy) is 1. The summed E-state index contributed by atoms with van der Waals surface area (Å²) in [6.45, 7) is 1.74. The third kappa shape index (κ3) is 4.14. The van der Waals surface area contributed by atoms with E-state index in [4.69, 9.17) is 16.2 Å². The molecule has 0 aromatic heterocycles. The molecule has 0 bridgehead atoms. The van der Waals surface area contributed by atoms with Gasteiger partial charge < -0.3 is 16.2 Å². The highest BCUT2D eigenvalue weighted by Gasteiger charge is 2.16. The molecular formula is C12H16N2O3. The molecule has 0 aliphatic rings. The lowest BCUT2D eigenvalue weighted by Gasteiger charge is -2.11. The first-order valence-corrected chi connectivity index (χ1v) is 5.31. The SMILES string of the molecule is CC(C(=O)OCCC(N)=O)c1cccc(N)c1. The summed E-state index contributed by atoms with van der Waals surface area (Å²) in [5, 5.41) is 0. The summed E-state index contributed by atoms with van der Waals surface area (Å²) >= 11 is 0. The van der Waals surface area contributed by atoms with Crippen molar-refractivity contribution in [1.82, 2.24) is 0 Å². The minimum absolute atomic E-state index is 0.0147. The van der Waals surface area contributed by atoms with E-state index < -0.39 is 17.8 Å². The van der Waals surface area contributed by atoms with Crippen molar-refractivity contribution >= 4 is 17.6 Å². The van der Waals surface area contributed by atoms with Gasteiger partial charge in [-0.3, -0.25) is 9.59 Å². The second kappa shape index (κ2) is 5.89. The molecule has 92 valence electrons. The van der Waals surface area contributed by atoms with Crippen LogP contribution < -0.4 is 11.5 Å². The number of esters is 1. The maximum absolute atomic E-state index is 11.6. The first-order chi connectivity index (χ1) is 8.00. The molecule has 4 N–H and O–H groups in total. The standard InChI is InChI=1S/C12H16N2O3/c1-8(9-3-2-4-10(13)7-9)12(16)17-6-5-11(14)15/h2-4,7-8H,5-6,13H2,1H3,(H2,14,15). The number of rotatable bonds is 5. The van der Waals surface area contributed by atoms with Gasteiger partial charge in [0, 0.05) is 5.69 Å². The van der Waals surface area contributed by atoms with Gasteiger partial charge in [-0.25, -0.2) is 0 Å². The number of nitrogens with two attached hydrogens (primary N) is 2. The first-order valence-electron chi connectivity index (χ1n) is 5.31. The van der Waals surface area contributed by atoms with E-state index in [0.717, 1.165) is 5.56 Å². The fraction of sp³-hybridized carbons (Fsp3) is 0.333. The molecule has 1 aromatic rings. The molecule has 17 heavy (non-hydrogen) atoms. The van der Waals surface area contributed by atoms with Crippen LogP contribution in [0.1, 0.15) is 24.8 Å². The summed E-state index contributed by atoms with van der Waals surface area (Å²) in [6.07, 6.45) is 0.0371. The Hall–Kier alpha value is -2.04. The monoisotopic (exact) mass is 236 g/mol. The van der Waals surface area contributed by atoms with E-state index in [2.05, 4.69) is 0 Å². The van der Waals surface area contributed by atoms with Gasteiger partial charge in [0.15, 0.2) is 0 Å². The van der Waals surface area contributed by atoms with Crippen LogP contribution in [0.3, 0.4) is 0 Å². The summed E-state index contributed by atoms with van der Waals surface area (Å²) in [5.74, 6) is -1.29. The van der Waals surface area contributed by atoms with Crippen molar-refractivity contribution in [3.05, 3.63) is 29.8 Å². The topological polar surface area (TPSA) is 95.4 Å². The Morgan fingerprint density at radius 3 is 2.71 bits per heavy atom. The second-order valence-corrected chi connectivity index (χ2v) is 3.78. The van der Waals surface area contributed by atoms with Gasteiger partial charge in [-0.1, -0.05) is 12.1 Å². The predicted octanol–water partition coefficient (Wildman–Crippen LogP) is 0.791. The van der Waals surface area contributed by atoms with Gasteiger partial charge in [0.25, 0.3) is 0 Å². The van der Waals surface area contributed by atoms with Crippen molar-refractivity contribution < 1.29 is 14.3 Å². The maximum atomic E-state index is 11.6. The first kappa shape index (κ1) is 13.0. The third-order valence-corrected chi connectivity index (χ3v) is 2.36. The number of hydrogen-bond acceptors (Lipinski definition) is 4. The van der Waals surface area contributed by atoms with Gasteiger partial charge in [0.05, 0.1) is 12.3 Å². The molecule has 0 fully saturated rings. The van der Waals surface area contributed by atoms with Gasteiger partial charge in [0.2, 0.25) is 5.91 Å². The van der Waals surface area contributed by atoms with E-state index in [1.807, 2.05) is 0 Å². The van der Waals surface area contributed by atoms with Crippen molar-refractivity contribution in [3.63, 3.8) is 0 Å². The van der Waals surface area contributed by atoms with Crippen molar-refractivity contribution in [2.24, 2.45) is 5.73 Å². The van der Waals surface area contributed by atoms with Crippen LogP contribution in [-0.2, 0) is 14.3 Å². The van der Waals surface area contributed by atoms with Crippen LogP contribution in [0.2, 0.25) is 0 Å². The minimum atomic E-state index is -0.491. The highest BCUT2D eigenvalue weighted by Crippen LogP contribution is 2.19. The molecule has 1 aromatic carbocycles. The molecule has 0 heterocycles. The zero-order valence-electron chi connectivity index (χ0n) is 9.68. The molecule has 0 saturated carbocycles. The number of primary amides is 1. The maximum Gasteiger partial charge on any atom is 0.313 e. The van der Waals surface area contributed by atoms with E-state index in [0.29, 0.717) is 5.69 Å². The number of amides is 1. The van der Waals surface area contributed by atoms with Gasteiger partial charge in [0.1, 0.15) is 6.61 Å². The normalized spacial score (nSPS) is 11.8. The van der Waals surface area contributed by atoms with E-state index >= 15 is 0 Å². The van der Waals surface area contributed by atoms with Crippen molar-refractivity contribution in [2.75, 3.05) is 12.3 Å². The Labute approximate surface area is 99.7 Å². The fourth-order valence-corrected chi connectivity index (χ4v) is 1.34. The van der Waals surface area contributed by atoms with Crippen molar-refractivity contribution in [3.8, 4) is 0 Å². The van der Waals surface area contributed by atoms with Crippen LogP contribution in [0.15, 0.2) is 24.3 Å². The molecule has 5 heteroatoms. The molecule has 1 unspecified atom stereocenters. The van der Waals surface area contributed by atoms with Crippen molar-refractivity contribution in [1.29, 1.82) is 0 Å². The second-order valence-electron chi connectivity index (χ2n) is 3.78. The van der Waals surface area contributed by atoms with Crippen LogP contribution in [0.4, 0.5) is 5.69 Å². The number of nitrogen functional groups attached to an aromatic ring is 1. The van der Waals surface area contributed by atoms with Crippen molar-refractivity contribution in [2.45, 2.75) is 19.3 Å². The largest absolute Gasteiger partial charge is 0.465 e. The molecular weight excluding hydrogens is 220 g/mol. The van der Waals surface area contributed by atoms with Crippen LogP contribution in [0.25, 0.3) is 0 Å². The Balaban J connectivity index is 2.54. The molecule has 0 radical (unpaired) electrons. The highest BCUT2D eigenvalue weighted by molar-refractivity contribution is 5.79.